The van der Waals surface area contributed by atoms with Crippen molar-refractivity contribution >= 4 is 11.8 Å². The number of carbonyl (C=O) groups is 2. The standard InChI is InChI=1S/C19H34N4O3/c1-16-2-4-17(5-3-16)20-18(24)14-21-6-8-23(9-7-21)19(25)15-22-10-12-26-13-11-22/h16-17H,2-15H2,1H3,(H,20,24). The molecule has 0 bridgehead atoms. The van der Waals surface area contributed by atoms with Crippen LogP contribution in [0, 0.1) is 5.92 Å². The van der Waals surface area contributed by atoms with Crippen LogP contribution in [0.1, 0.15) is 32.6 Å². The summed E-state index contributed by atoms with van der Waals surface area (Å²) in [5, 5.41) is 3.20. The van der Waals surface area contributed by atoms with E-state index in [1.165, 1.54) is 12.8 Å². The molecular formula is C19H34N4O3. The first kappa shape index (κ1) is 19.6. The quantitative estimate of drug-likeness (QED) is 0.751. The number of amides is 2. The van der Waals surface area contributed by atoms with Crippen molar-refractivity contribution in [1.82, 2.24) is 20.0 Å². The number of morpholine rings is 1. The van der Waals surface area contributed by atoms with Gasteiger partial charge in [0, 0.05) is 45.3 Å². The molecule has 0 aromatic heterocycles. The molecule has 2 heterocycles. The van der Waals surface area contributed by atoms with E-state index in [9.17, 15) is 9.59 Å². The van der Waals surface area contributed by atoms with E-state index in [1.807, 2.05) is 4.90 Å². The predicted octanol–water partition coefficient (Wildman–Crippen LogP) is 0.158. The number of carbonyl (C=O) groups excluding carboxylic acids is 2. The smallest absolute Gasteiger partial charge is 0.236 e. The number of hydrogen-bond donors (Lipinski definition) is 1. The maximum Gasteiger partial charge on any atom is 0.236 e. The number of ether oxygens (including phenoxy) is 1. The SMILES string of the molecule is CC1CCC(NC(=O)CN2CCN(C(=O)CN3CCOCC3)CC2)CC1. The molecule has 7 heteroatoms. The lowest BCUT2D eigenvalue weighted by Crippen LogP contribution is -2.54. The average Bonchev–Trinajstić information content (AvgIpc) is 2.65. The van der Waals surface area contributed by atoms with Crippen molar-refractivity contribution in [3.8, 4) is 0 Å². The summed E-state index contributed by atoms with van der Waals surface area (Å²) in [4.78, 5) is 31.0. The lowest BCUT2D eigenvalue weighted by Gasteiger charge is -2.36. The molecule has 3 rings (SSSR count). The van der Waals surface area contributed by atoms with Crippen molar-refractivity contribution in [2.75, 3.05) is 65.6 Å². The number of rotatable bonds is 5. The molecule has 26 heavy (non-hydrogen) atoms. The number of nitrogens with one attached hydrogen (secondary N) is 1. The number of piperazine rings is 1. The molecule has 2 saturated heterocycles. The second-order valence-electron chi connectivity index (χ2n) is 8.07. The first-order chi connectivity index (χ1) is 12.6. The Morgan fingerprint density at radius 3 is 2.15 bits per heavy atom. The maximum absolute atomic E-state index is 12.4. The van der Waals surface area contributed by atoms with Crippen molar-refractivity contribution in [1.29, 1.82) is 0 Å². The molecule has 3 aliphatic rings. The molecule has 7 nitrogen and oxygen atoms in total. The third-order valence-electron chi connectivity index (χ3n) is 5.94. The van der Waals surface area contributed by atoms with Crippen molar-refractivity contribution in [3.05, 3.63) is 0 Å². The average molecular weight is 367 g/mol. The highest BCUT2D eigenvalue weighted by Crippen LogP contribution is 2.23. The summed E-state index contributed by atoms with van der Waals surface area (Å²) >= 11 is 0. The zero-order valence-corrected chi connectivity index (χ0v) is 16.1. The van der Waals surface area contributed by atoms with Crippen molar-refractivity contribution in [3.63, 3.8) is 0 Å². The monoisotopic (exact) mass is 366 g/mol. The number of nitrogens with zero attached hydrogens (tertiary/aromatic N) is 3. The molecule has 1 saturated carbocycles. The normalized spacial score (nSPS) is 28.7. The Morgan fingerprint density at radius 1 is 0.885 bits per heavy atom. The van der Waals surface area contributed by atoms with Gasteiger partial charge in [-0.2, -0.15) is 0 Å². The van der Waals surface area contributed by atoms with E-state index in [-0.39, 0.29) is 11.8 Å². The molecule has 0 aromatic rings. The van der Waals surface area contributed by atoms with Gasteiger partial charge in [0.15, 0.2) is 0 Å². The summed E-state index contributed by atoms with van der Waals surface area (Å²) in [7, 11) is 0. The zero-order chi connectivity index (χ0) is 18.4. The Morgan fingerprint density at radius 2 is 1.50 bits per heavy atom. The van der Waals surface area contributed by atoms with Crippen LogP contribution in [0.3, 0.4) is 0 Å². The van der Waals surface area contributed by atoms with Crippen LogP contribution in [0.5, 0.6) is 0 Å². The minimum Gasteiger partial charge on any atom is -0.379 e. The molecule has 3 fully saturated rings. The highest BCUT2D eigenvalue weighted by atomic mass is 16.5. The second kappa shape index (κ2) is 9.67. The van der Waals surface area contributed by atoms with Crippen LogP contribution < -0.4 is 5.32 Å². The Balaban J connectivity index is 1.32. The van der Waals surface area contributed by atoms with Gasteiger partial charge >= 0.3 is 0 Å². The van der Waals surface area contributed by atoms with Gasteiger partial charge in [-0.3, -0.25) is 19.4 Å². The molecule has 0 aromatic carbocycles. The maximum atomic E-state index is 12.4. The summed E-state index contributed by atoms with van der Waals surface area (Å²) in [6.07, 6.45) is 4.65. The summed E-state index contributed by atoms with van der Waals surface area (Å²) < 4.78 is 5.33. The highest BCUT2D eigenvalue weighted by molar-refractivity contribution is 5.79. The fourth-order valence-electron chi connectivity index (χ4n) is 4.09. The summed E-state index contributed by atoms with van der Waals surface area (Å²) in [5.41, 5.74) is 0. The molecule has 148 valence electrons. The lowest BCUT2D eigenvalue weighted by molar-refractivity contribution is -0.135. The third-order valence-corrected chi connectivity index (χ3v) is 5.94. The van der Waals surface area contributed by atoms with E-state index in [1.54, 1.807) is 0 Å². The van der Waals surface area contributed by atoms with Gasteiger partial charge in [-0.15, -0.1) is 0 Å². The van der Waals surface area contributed by atoms with Crippen LogP contribution in [0.2, 0.25) is 0 Å². The van der Waals surface area contributed by atoms with Gasteiger partial charge in [0.25, 0.3) is 0 Å². The Hall–Kier alpha value is -1.18. The molecule has 0 unspecified atom stereocenters. The van der Waals surface area contributed by atoms with Crippen LogP contribution in [-0.4, -0.2) is 98.1 Å². The third kappa shape index (κ3) is 5.93. The summed E-state index contributed by atoms with van der Waals surface area (Å²) in [6.45, 7) is 9.35. The fourth-order valence-corrected chi connectivity index (χ4v) is 4.09. The second-order valence-corrected chi connectivity index (χ2v) is 8.07. The minimum absolute atomic E-state index is 0.137. The van der Waals surface area contributed by atoms with Gasteiger partial charge in [-0.05, 0) is 31.6 Å². The Bertz CT molecular complexity index is 465. The van der Waals surface area contributed by atoms with Crippen molar-refractivity contribution in [2.45, 2.75) is 38.6 Å². The molecule has 0 atom stereocenters. The molecule has 0 spiro atoms. The van der Waals surface area contributed by atoms with E-state index in [0.29, 0.717) is 19.1 Å². The van der Waals surface area contributed by atoms with Crippen molar-refractivity contribution < 1.29 is 14.3 Å². The molecule has 1 N–H and O–H groups in total. The van der Waals surface area contributed by atoms with Gasteiger partial charge in [-0.1, -0.05) is 6.92 Å². The Labute approximate surface area is 157 Å². The van der Waals surface area contributed by atoms with Gasteiger partial charge in [0.05, 0.1) is 26.3 Å². The van der Waals surface area contributed by atoms with Crippen LogP contribution in [0.4, 0.5) is 0 Å². The summed E-state index contributed by atoms with van der Waals surface area (Å²) in [6, 6.07) is 0.357. The van der Waals surface area contributed by atoms with Crippen LogP contribution in [-0.2, 0) is 14.3 Å². The van der Waals surface area contributed by atoms with E-state index in [0.717, 1.165) is 71.2 Å². The van der Waals surface area contributed by atoms with Crippen LogP contribution >= 0.6 is 0 Å². The topological polar surface area (TPSA) is 65.1 Å². The Kier molecular flexibility index (Phi) is 7.28. The van der Waals surface area contributed by atoms with Gasteiger partial charge in [-0.25, -0.2) is 0 Å². The van der Waals surface area contributed by atoms with E-state index in [4.69, 9.17) is 4.74 Å². The highest BCUT2D eigenvalue weighted by Gasteiger charge is 2.25. The van der Waals surface area contributed by atoms with E-state index >= 15 is 0 Å². The van der Waals surface area contributed by atoms with E-state index < -0.39 is 0 Å². The molecule has 0 radical (unpaired) electrons. The lowest BCUT2D eigenvalue weighted by atomic mass is 9.87. The van der Waals surface area contributed by atoms with Crippen molar-refractivity contribution in [2.24, 2.45) is 5.92 Å². The molecule has 2 amide bonds. The van der Waals surface area contributed by atoms with E-state index in [2.05, 4.69) is 22.0 Å². The fraction of sp³-hybridized carbons (Fsp3) is 0.895. The van der Waals surface area contributed by atoms with Gasteiger partial charge in [0.1, 0.15) is 0 Å². The molecule has 1 aliphatic carbocycles. The van der Waals surface area contributed by atoms with Crippen LogP contribution in [0.25, 0.3) is 0 Å². The molecule has 2 aliphatic heterocycles. The largest absolute Gasteiger partial charge is 0.379 e. The minimum atomic E-state index is 0.137. The van der Waals surface area contributed by atoms with Gasteiger partial charge < -0.3 is 15.0 Å². The first-order valence-electron chi connectivity index (χ1n) is 10.2. The first-order valence-corrected chi connectivity index (χ1v) is 10.2. The zero-order valence-electron chi connectivity index (χ0n) is 16.1. The van der Waals surface area contributed by atoms with Crippen LogP contribution in [0.15, 0.2) is 0 Å². The number of hydrogen-bond acceptors (Lipinski definition) is 5. The summed E-state index contributed by atoms with van der Waals surface area (Å²) in [5.74, 6) is 1.14. The van der Waals surface area contributed by atoms with Gasteiger partial charge in [0.2, 0.25) is 11.8 Å². The predicted molar refractivity (Wildman–Crippen MR) is 99.8 cm³/mol. The molecular weight excluding hydrogens is 332 g/mol.